The van der Waals surface area contributed by atoms with Crippen LogP contribution in [0.25, 0.3) is 0 Å². The van der Waals surface area contributed by atoms with Gasteiger partial charge in [0.2, 0.25) is 0 Å². The summed E-state index contributed by atoms with van der Waals surface area (Å²) >= 11 is 0. The van der Waals surface area contributed by atoms with Crippen LogP contribution in [0.5, 0.6) is 11.5 Å². The monoisotopic (exact) mass is 275 g/mol. The molecule has 1 saturated carbocycles. The number of methoxy groups -OCH3 is 1. The van der Waals surface area contributed by atoms with Crippen molar-refractivity contribution in [3.63, 3.8) is 0 Å². The molecule has 19 heavy (non-hydrogen) atoms. The van der Waals surface area contributed by atoms with E-state index in [1.807, 2.05) is 0 Å². The van der Waals surface area contributed by atoms with Crippen LogP contribution in [-0.2, 0) is 6.54 Å². The number of nitrogens with one attached hydrogen (secondary N) is 1. The Labute approximate surface area is 109 Å². The van der Waals surface area contributed by atoms with Gasteiger partial charge in [-0.2, -0.15) is 13.2 Å². The van der Waals surface area contributed by atoms with E-state index < -0.39 is 12.8 Å². The van der Waals surface area contributed by atoms with E-state index in [1.54, 1.807) is 12.1 Å². The van der Waals surface area contributed by atoms with Crippen LogP contribution in [0.2, 0.25) is 0 Å². The molecule has 0 atom stereocenters. The molecule has 1 aliphatic carbocycles. The minimum atomic E-state index is -4.34. The number of alkyl halides is 3. The van der Waals surface area contributed by atoms with Crippen LogP contribution in [0.15, 0.2) is 18.2 Å². The molecule has 0 aromatic heterocycles. The van der Waals surface area contributed by atoms with E-state index in [2.05, 4.69) is 5.32 Å². The molecule has 1 aromatic carbocycles. The average Bonchev–Trinajstić information content (AvgIpc) is 3.17. The molecule has 0 radical (unpaired) electrons. The predicted molar refractivity (Wildman–Crippen MR) is 64.4 cm³/mol. The van der Waals surface area contributed by atoms with Crippen molar-refractivity contribution in [2.45, 2.75) is 31.6 Å². The fourth-order valence-corrected chi connectivity index (χ4v) is 1.64. The Kier molecular flexibility index (Phi) is 4.19. The molecule has 0 amide bonds. The van der Waals surface area contributed by atoms with Gasteiger partial charge in [-0.3, -0.25) is 0 Å². The smallest absolute Gasteiger partial charge is 0.422 e. The van der Waals surface area contributed by atoms with Gasteiger partial charge >= 0.3 is 6.18 Å². The highest BCUT2D eigenvalue weighted by molar-refractivity contribution is 5.40. The summed E-state index contributed by atoms with van der Waals surface area (Å²) < 4.78 is 46.5. The van der Waals surface area contributed by atoms with Gasteiger partial charge in [0.15, 0.2) is 6.61 Å². The summed E-state index contributed by atoms with van der Waals surface area (Å²) in [5.74, 6) is 0.692. The molecule has 0 unspecified atom stereocenters. The Hall–Kier alpha value is -1.43. The zero-order valence-corrected chi connectivity index (χ0v) is 10.6. The second-order valence-corrected chi connectivity index (χ2v) is 4.53. The summed E-state index contributed by atoms with van der Waals surface area (Å²) in [4.78, 5) is 0. The lowest BCUT2D eigenvalue weighted by Gasteiger charge is -2.14. The fourth-order valence-electron chi connectivity index (χ4n) is 1.64. The zero-order valence-electron chi connectivity index (χ0n) is 10.6. The number of hydrogen-bond acceptors (Lipinski definition) is 3. The first kappa shape index (κ1) is 14.0. The second-order valence-electron chi connectivity index (χ2n) is 4.53. The molecule has 0 aliphatic heterocycles. The van der Waals surface area contributed by atoms with Crippen LogP contribution in [-0.4, -0.2) is 25.9 Å². The molecule has 0 saturated heterocycles. The Morgan fingerprint density at radius 3 is 2.63 bits per heavy atom. The van der Waals surface area contributed by atoms with Crippen molar-refractivity contribution in [3.8, 4) is 11.5 Å². The van der Waals surface area contributed by atoms with Gasteiger partial charge < -0.3 is 14.8 Å². The molecule has 0 spiro atoms. The molecule has 6 heteroatoms. The lowest BCUT2D eigenvalue weighted by molar-refractivity contribution is -0.153. The average molecular weight is 275 g/mol. The maximum absolute atomic E-state index is 12.2. The molecule has 0 bridgehead atoms. The lowest BCUT2D eigenvalue weighted by Crippen LogP contribution is -2.21. The van der Waals surface area contributed by atoms with Gasteiger partial charge in [-0.05, 0) is 18.9 Å². The van der Waals surface area contributed by atoms with E-state index in [0.29, 0.717) is 23.9 Å². The molecule has 1 aliphatic rings. The standard InChI is InChI=1S/C13H16F3NO2/c1-18-11-5-2-9(7-17-10-3-4-10)12(6-11)19-8-13(14,15)16/h2,5-6,10,17H,3-4,7-8H2,1H3. The van der Waals surface area contributed by atoms with Crippen molar-refractivity contribution in [2.75, 3.05) is 13.7 Å². The zero-order chi connectivity index (χ0) is 13.9. The molecule has 106 valence electrons. The van der Waals surface area contributed by atoms with E-state index in [-0.39, 0.29) is 5.75 Å². The van der Waals surface area contributed by atoms with Crippen LogP contribution in [0.3, 0.4) is 0 Å². The topological polar surface area (TPSA) is 30.5 Å². The van der Waals surface area contributed by atoms with Gasteiger partial charge in [0, 0.05) is 24.2 Å². The maximum Gasteiger partial charge on any atom is 0.422 e. The first-order valence-corrected chi connectivity index (χ1v) is 6.08. The van der Waals surface area contributed by atoms with Gasteiger partial charge in [0.05, 0.1) is 7.11 Å². The van der Waals surface area contributed by atoms with E-state index >= 15 is 0 Å². The van der Waals surface area contributed by atoms with Crippen LogP contribution < -0.4 is 14.8 Å². The van der Waals surface area contributed by atoms with Crippen molar-refractivity contribution < 1.29 is 22.6 Å². The summed E-state index contributed by atoms with van der Waals surface area (Å²) in [6.45, 7) is -0.793. The van der Waals surface area contributed by atoms with Gasteiger partial charge in [0.25, 0.3) is 0 Å². The Morgan fingerprint density at radius 2 is 2.05 bits per heavy atom. The van der Waals surface area contributed by atoms with Crippen molar-refractivity contribution >= 4 is 0 Å². The summed E-state index contributed by atoms with van der Waals surface area (Å²) in [6.07, 6.45) is -2.10. The number of halogens is 3. The summed E-state index contributed by atoms with van der Waals surface area (Å²) in [6, 6.07) is 5.40. The molecule has 3 nitrogen and oxygen atoms in total. The van der Waals surface area contributed by atoms with Gasteiger partial charge in [-0.15, -0.1) is 0 Å². The largest absolute Gasteiger partial charge is 0.497 e. The molecule has 1 aromatic rings. The summed E-state index contributed by atoms with van der Waals surface area (Å²) in [5.41, 5.74) is 0.706. The van der Waals surface area contributed by atoms with Crippen LogP contribution in [0, 0.1) is 0 Å². The Bertz CT molecular complexity index is 430. The normalized spacial score (nSPS) is 15.4. The third kappa shape index (κ3) is 4.63. The van der Waals surface area contributed by atoms with E-state index in [4.69, 9.17) is 9.47 Å². The third-order valence-electron chi connectivity index (χ3n) is 2.82. The van der Waals surface area contributed by atoms with E-state index in [0.717, 1.165) is 12.8 Å². The van der Waals surface area contributed by atoms with Crippen molar-refractivity contribution in [3.05, 3.63) is 23.8 Å². The van der Waals surface area contributed by atoms with Crippen molar-refractivity contribution in [1.82, 2.24) is 5.32 Å². The van der Waals surface area contributed by atoms with Gasteiger partial charge in [-0.25, -0.2) is 0 Å². The SMILES string of the molecule is COc1ccc(CNC2CC2)c(OCC(F)(F)F)c1. The lowest BCUT2D eigenvalue weighted by atomic mass is 10.2. The molecular formula is C13H16F3NO2. The highest BCUT2D eigenvalue weighted by Gasteiger charge is 2.29. The summed E-state index contributed by atoms with van der Waals surface area (Å²) in [5, 5.41) is 3.25. The van der Waals surface area contributed by atoms with E-state index in [9.17, 15) is 13.2 Å². The minimum absolute atomic E-state index is 0.213. The van der Waals surface area contributed by atoms with Gasteiger partial charge in [0.1, 0.15) is 11.5 Å². The number of hydrogen-bond donors (Lipinski definition) is 1. The molecule has 2 rings (SSSR count). The quantitative estimate of drug-likeness (QED) is 0.866. The third-order valence-corrected chi connectivity index (χ3v) is 2.82. The Morgan fingerprint density at radius 1 is 1.32 bits per heavy atom. The highest BCUT2D eigenvalue weighted by atomic mass is 19.4. The van der Waals surface area contributed by atoms with Crippen LogP contribution >= 0.6 is 0 Å². The summed E-state index contributed by atoms with van der Waals surface area (Å²) in [7, 11) is 1.46. The predicted octanol–water partition coefficient (Wildman–Crippen LogP) is 2.89. The highest BCUT2D eigenvalue weighted by Crippen LogP contribution is 2.28. The Balaban J connectivity index is 2.05. The maximum atomic E-state index is 12.2. The van der Waals surface area contributed by atoms with Crippen LogP contribution in [0.1, 0.15) is 18.4 Å². The minimum Gasteiger partial charge on any atom is -0.497 e. The first-order valence-electron chi connectivity index (χ1n) is 6.08. The molecular weight excluding hydrogens is 259 g/mol. The van der Waals surface area contributed by atoms with E-state index in [1.165, 1.54) is 13.2 Å². The van der Waals surface area contributed by atoms with Crippen molar-refractivity contribution in [1.29, 1.82) is 0 Å². The van der Waals surface area contributed by atoms with Crippen LogP contribution in [0.4, 0.5) is 13.2 Å². The van der Waals surface area contributed by atoms with Gasteiger partial charge in [-0.1, -0.05) is 6.07 Å². The number of ether oxygens (including phenoxy) is 2. The second kappa shape index (κ2) is 5.69. The first-order chi connectivity index (χ1) is 8.98. The fraction of sp³-hybridized carbons (Fsp3) is 0.538. The number of benzene rings is 1. The molecule has 0 heterocycles. The number of rotatable bonds is 6. The molecule has 1 fully saturated rings. The molecule has 1 N–H and O–H groups in total. The van der Waals surface area contributed by atoms with Crippen molar-refractivity contribution in [2.24, 2.45) is 0 Å².